The Bertz CT molecular complexity index is 1760. The summed E-state index contributed by atoms with van der Waals surface area (Å²) in [6, 6.07) is 11.1. The van der Waals surface area contributed by atoms with Crippen LogP contribution in [0, 0.1) is 18.8 Å². The number of nitrogens with zero attached hydrogens (tertiary/aromatic N) is 5. The molecule has 3 heterocycles. The van der Waals surface area contributed by atoms with Gasteiger partial charge in [0.25, 0.3) is 5.91 Å². The van der Waals surface area contributed by atoms with Crippen LogP contribution in [0.2, 0.25) is 0 Å². The van der Waals surface area contributed by atoms with Crippen LogP contribution in [-0.4, -0.2) is 30.3 Å². The molecule has 5 aromatic rings. The third-order valence-electron chi connectivity index (χ3n) is 5.76. The summed E-state index contributed by atoms with van der Waals surface area (Å²) in [5.41, 5.74) is 1.38. The molecule has 0 atom stereocenters. The van der Waals surface area contributed by atoms with Gasteiger partial charge in [0.15, 0.2) is 5.65 Å². The van der Waals surface area contributed by atoms with Gasteiger partial charge in [-0.15, -0.1) is 0 Å². The Kier molecular flexibility index (Phi) is 6.57. The average Bonchev–Trinajstić information content (AvgIpc) is 3.55. The van der Waals surface area contributed by atoms with Gasteiger partial charge in [-0.25, -0.2) is 14.2 Å². The van der Waals surface area contributed by atoms with Crippen molar-refractivity contribution >= 4 is 17.2 Å². The largest absolute Gasteiger partial charge is 0.416 e. The second kappa shape index (κ2) is 10.0. The van der Waals surface area contributed by atoms with Crippen molar-refractivity contribution in [3.05, 3.63) is 101 Å². The molecular weight excluding hydrogens is 519 g/mol. The predicted molar refractivity (Wildman–Crippen MR) is 132 cm³/mol. The Hall–Kier alpha value is -5.05. The molecule has 5 rings (SSSR count). The number of aryl methyl sites for hydroxylation is 1. The number of alkyl halides is 5. The van der Waals surface area contributed by atoms with Crippen molar-refractivity contribution in [2.24, 2.45) is 0 Å². The molecule has 0 spiro atoms. The zero-order valence-electron chi connectivity index (χ0n) is 20.0. The van der Waals surface area contributed by atoms with Gasteiger partial charge in [-0.05, 0) is 66.4 Å². The van der Waals surface area contributed by atoms with Crippen LogP contribution < -0.4 is 5.32 Å². The van der Waals surface area contributed by atoms with Crippen LogP contribution in [0.15, 0.2) is 73.3 Å². The summed E-state index contributed by atoms with van der Waals surface area (Å²) in [6.07, 6.45) is 0.374. The lowest BCUT2D eigenvalue weighted by atomic mass is 10.0. The molecule has 196 valence electrons. The van der Waals surface area contributed by atoms with Gasteiger partial charge in [-0.2, -0.15) is 32.1 Å². The SMILES string of the molecule is Cc1ccc(C(=O)Nc2cc(-c3cnn(C(F)F)c3)cc(C(F)(F)F)c2)cc1C#Cc1cnc2cccnn12. The Balaban J connectivity index is 1.44. The molecule has 0 radical (unpaired) electrons. The quantitative estimate of drug-likeness (QED) is 0.227. The van der Waals surface area contributed by atoms with Crippen molar-refractivity contribution in [3.8, 4) is 23.0 Å². The molecule has 0 aliphatic carbocycles. The number of hydrogen-bond donors (Lipinski definition) is 1. The van der Waals surface area contributed by atoms with E-state index in [0.29, 0.717) is 21.6 Å². The Morgan fingerprint density at radius 3 is 2.56 bits per heavy atom. The minimum atomic E-state index is -4.74. The molecule has 0 saturated carbocycles. The molecule has 1 amide bonds. The Morgan fingerprint density at radius 2 is 1.82 bits per heavy atom. The molecule has 7 nitrogen and oxygen atoms in total. The number of hydrogen-bond acceptors (Lipinski definition) is 4. The van der Waals surface area contributed by atoms with E-state index in [4.69, 9.17) is 0 Å². The van der Waals surface area contributed by atoms with E-state index < -0.39 is 24.2 Å². The van der Waals surface area contributed by atoms with Gasteiger partial charge in [0.2, 0.25) is 0 Å². The van der Waals surface area contributed by atoms with Gasteiger partial charge in [0.1, 0.15) is 5.69 Å². The molecule has 0 aliphatic heterocycles. The van der Waals surface area contributed by atoms with Crippen LogP contribution in [0.5, 0.6) is 0 Å². The summed E-state index contributed by atoms with van der Waals surface area (Å²) < 4.78 is 68.4. The first kappa shape index (κ1) is 25.6. The van der Waals surface area contributed by atoms with Crippen molar-refractivity contribution in [1.82, 2.24) is 24.4 Å². The van der Waals surface area contributed by atoms with Gasteiger partial charge < -0.3 is 5.32 Å². The highest BCUT2D eigenvalue weighted by atomic mass is 19.4. The highest BCUT2D eigenvalue weighted by Gasteiger charge is 2.31. The predicted octanol–water partition coefficient (Wildman–Crippen LogP) is 5.97. The number of halogens is 5. The number of anilines is 1. The van der Waals surface area contributed by atoms with Gasteiger partial charge in [0.05, 0.1) is 18.0 Å². The zero-order chi connectivity index (χ0) is 27.7. The maximum Gasteiger partial charge on any atom is 0.416 e. The van der Waals surface area contributed by atoms with Gasteiger partial charge in [-0.3, -0.25) is 4.79 Å². The summed E-state index contributed by atoms with van der Waals surface area (Å²) in [7, 11) is 0. The summed E-state index contributed by atoms with van der Waals surface area (Å²) in [6.45, 7) is -1.15. The molecule has 0 fully saturated rings. The first-order chi connectivity index (χ1) is 18.6. The lowest BCUT2D eigenvalue weighted by molar-refractivity contribution is -0.137. The first-order valence-corrected chi connectivity index (χ1v) is 11.4. The van der Waals surface area contributed by atoms with Crippen molar-refractivity contribution in [3.63, 3.8) is 0 Å². The van der Waals surface area contributed by atoms with E-state index in [9.17, 15) is 26.7 Å². The van der Waals surface area contributed by atoms with E-state index in [1.807, 2.05) is 0 Å². The lowest BCUT2D eigenvalue weighted by Gasteiger charge is -2.13. The zero-order valence-corrected chi connectivity index (χ0v) is 20.0. The molecular formula is C27H17F5N6O. The number of carbonyl (C=O) groups excluding carboxylic acids is 1. The number of carbonyl (C=O) groups is 1. The second-order valence-corrected chi connectivity index (χ2v) is 8.45. The smallest absolute Gasteiger partial charge is 0.322 e. The van der Waals surface area contributed by atoms with Crippen LogP contribution in [0.25, 0.3) is 16.8 Å². The molecule has 12 heteroatoms. The van der Waals surface area contributed by atoms with Crippen LogP contribution in [0.1, 0.15) is 39.3 Å². The third kappa shape index (κ3) is 5.47. The number of nitrogens with one attached hydrogen (secondary N) is 1. The summed E-state index contributed by atoms with van der Waals surface area (Å²) in [4.78, 5) is 17.2. The molecule has 0 unspecified atom stereocenters. The van der Waals surface area contributed by atoms with E-state index in [2.05, 4.69) is 32.3 Å². The monoisotopic (exact) mass is 536 g/mol. The van der Waals surface area contributed by atoms with Gasteiger partial charge in [0, 0.05) is 34.8 Å². The minimum absolute atomic E-state index is 0.0340. The Labute approximate surface area is 217 Å². The highest BCUT2D eigenvalue weighted by Crippen LogP contribution is 2.35. The van der Waals surface area contributed by atoms with E-state index in [0.717, 1.165) is 30.1 Å². The fraction of sp³-hybridized carbons (Fsp3) is 0.111. The van der Waals surface area contributed by atoms with Crippen LogP contribution in [-0.2, 0) is 6.18 Å². The normalized spacial score (nSPS) is 11.5. The number of fused-ring (bicyclic) bond motifs is 1. The standard InChI is InChI=1S/C27H17F5N6O/c1-16-4-5-18(9-17(16)6-7-23-14-33-24-3-2-8-34-38(23)24)25(39)36-22-11-19(10-21(12-22)27(30,31)32)20-13-35-37(15-20)26(28)29/h2-5,8-15,26H,1H3,(H,36,39). The molecule has 0 bridgehead atoms. The summed E-state index contributed by atoms with van der Waals surface area (Å²) >= 11 is 0. The second-order valence-electron chi connectivity index (χ2n) is 8.45. The number of imidazole rings is 1. The highest BCUT2D eigenvalue weighted by molar-refractivity contribution is 6.05. The average molecular weight is 536 g/mol. The van der Waals surface area contributed by atoms with Crippen molar-refractivity contribution in [1.29, 1.82) is 0 Å². The third-order valence-corrected chi connectivity index (χ3v) is 5.76. The minimum Gasteiger partial charge on any atom is -0.322 e. The van der Waals surface area contributed by atoms with Crippen molar-refractivity contribution in [2.45, 2.75) is 19.6 Å². The van der Waals surface area contributed by atoms with Crippen LogP contribution in [0.3, 0.4) is 0 Å². The Morgan fingerprint density at radius 1 is 1.00 bits per heavy atom. The lowest BCUT2D eigenvalue weighted by Crippen LogP contribution is -2.14. The molecule has 3 aromatic heterocycles. The fourth-order valence-electron chi connectivity index (χ4n) is 3.77. The van der Waals surface area contributed by atoms with E-state index in [1.165, 1.54) is 18.2 Å². The number of rotatable bonds is 4. The number of benzene rings is 2. The van der Waals surface area contributed by atoms with Crippen LogP contribution in [0.4, 0.5) is 27.6 Å². The van der Waals surface area contributed by atoms with E-state index >= 15 is 0 Å². The van der Waals surface area contributed by atoms with Gasteiger partial charge in [-0.1, -0.05) is 12.0 Å². The van der Waals surface area contributed by atoms with Crippen molar-refractivity contribution in [2.75, 3.05) is 5.32 Å². The molecule has 0 saturated heterocycles. The molecule has 0 aliphatic rings. The summed E-state index contributed by atoms with van der Waals surface area (Å²) in [5.74, 6) is 5.28. The number of amides is 1. The van der Waals surface area contributed by atoms with Crippen molar-refractivity contribution < 1.29 is 26.7 Å². The maximum absolute atomic E-state index is 13.6. The van der Waals surface area contributed by atoms with Gasteiger partial charge >= 0.3 is 12.7 Å². The number of aromatic nitrogens is 5. The molecule has 1 N–H and O–H groups in total. The summed E-state index contributed by atoms with van der Waals surface area (Å²) in [5, 5.41) is 10.1. The van der Waals surface area contributed by atoms with E-state index in [-0.39, 0.29) is 22.4 Å². The maximum atomic E-state index is 13.6. The van der Waals surface area contributed by atoms with Crippen LogP contribution >= 0.6 is 0 Å². The fourth-order valence-corrected chi connectivity index (χ4v) is 3.77. The molecule has 2 aromatic carbocycles. The van der Waals surface area contributed by atoms with E-state index in [1.54, 1.807) is 42.0 Å². The first-order valence-electron chi connectivity index (χ1n) is 11.4. The molecule has 39 heavy (non-hydrogen) atoms. The topological polar surface area (TPSA) is 77.1 Å².